The molecule has 0 aromatic rings. The van der Waals surface area contributed by atoms with Crippen molar-refractivity contribution in [1.29, 1.82) is 0 Å². The summed E-state index contributed by atoms with van der Waals surface area (Å²) in [6.45, 7) is 13.2. The Morgan fingerprint density at radius 3 is 0.733 bits per heavy atom. The van der Waals surface area contributed by atoms with Crippen LogP contribution >= 0.6 is 0 Å². The van der Waals surface area contributed by atoms with E-state index in [1.807, 2.05) is 55.4 Å². The maximum Gasteiger partial charge on any atom is 0.233 e. The minimum Gasteiger partial charge on any atom is -0.282 e. The first-order valence-electron chi connectivity index (χ1n) is 16.3. The molecule has 4 fully saturated rings. The molecule has 0 bridgehead atoms. The molecule has 0 radical (unpaired) electrons. The highest BCUT2D eigenvalue weighted by Gasteiger charge is 2.54. The van der Waals surface area contributed by atoms with Gasteiger partial charge in [0.2, 0.25) is 47.3 Å². The van der Waals surface area contributed by atoms with Gasteiger partial charge in [-0.25, -0.2) is 0 Å². The van der Waals surface area contributed by atoms with Crippen LogP contribution in [0, 0.1) is 52.8 Å². The van der Waals surface area contributed by atoms with Crippen LogP contribution in [0.3, 0.4) is 0 Å². The lowest BCUT2D eigenvalue weighted by atomic mass is 9.84. The zero-order valence-electron chi connectivity index (χ0n) is 27.8. The normalized spacial score (nSPS) is 27.8. The van der Waals surface area contributed by atoms with Crippen LogP contribution in [0.5, 0.6) is 0 Å². The molecule has 12 heteroatoms. The van der Waals surface area contributed by atoms with E-state index in [0.29, 0.717) is 0 Å². The number of likely N-dealkylation sites (tertiary alicyclic amines) is 4. The Hall–Kier alpha value is -3.44. The molecule has 0 N–H and O–H groups in total. The van der Waals surface area contributed by atoms with Crippen LogP contribution in [-0.4, -0.2) is 93.0 Å². The van der Waals surface area contributed by atoms with Gasteiger partial charge in [-0.3, -0.25) is 58.0 Å². The summed E-state index contributed by atoms with van der Waals surface area (Å²) < 4.78 is 0. The third-order valence-electron chi connectivity index (χ3n) is 10.3. The van der Waals surface area contributed by atoms with Gasteiger partial charge >= 0.3 is 0 Å². The zero-order valence-corrected chi connectivity index (χ0v) is 27.8. The van der Waals surface area contributed by atoms with Crippen LogP contribution in [0.15, 0.2) is 0 Å². The van der Waals surface area contributed by atoms with E-state index in [-0.39, 0.29) is 75.5 Å². The average molecular weight is 629 g/mol. The van der Waals surface area contributed by atoms with E-state index in [1.54, 1.807) is 0 Å². The molecule has 4 aliphatic rings. The fourth-order valence-electron chi connectivity index (χ4n) is 7.22. The molecule has 248 valence electrons. The van der Waals surface area contributed by atoms with Gasteiger partial charge in [0.1, 0.15) is 0 Å². The maximum absolute atomic E-state index is 13.6. The van der Waals surface area contributed by atoms with Crippen LogP contribution in [-0.2, 0) is 38.4 Å². The van der Waals surface area contributed by atoms with Gasteiger partial charge in [-0.15, -0.1) is 0 Å². The monoisotopic (exact) mass is 628 g/mol. The SMILES string of the molecule is CC(C)C1CC(=O)N(CC(CN2C(=O)CC(C(C)C)C2=O)(CN2C(=O)CC(C(C)C)C2=O)CN2C(=O)CC(C(C)C)C2=O)C1=O. The van der Waals surface area contributed by atoms with Gasteiger partial charge in [0, 0.05) is 80.9 Å². The summed E-state index contributed by atoms with van der Waals surface area (Å²) >= 11 is 0. The topological polar surface area (TPSA) is 150 Å². The van der Waals surface area contributed by atoms with E-state index in [0.717, 1.165) is 19.6 Å². The molecule has 4 saturated heterocycles. The lowest BCUT2D eigenvalue weighted by Gasteiger charge is -2.42. The van der Waals surface area contributed by atoms with Crippen molar-refractivity contribution in [3.05, 3.63) is 0 Å². The number of amides is 8. The second-order valence-corrected chi connectivity index (χ2v) is 15.0. The Bertz CT molecular complexity index is 1110. The van der Waals surface area contributed by atoms with Gasteiger partial charge in [-0.1, -0.05) is 55.4 Å². The Labute approximate surface area is 265 Å². The third kappa shape index (κ3) is 6.47. The van der Waals surface area contributed by atoms with Gasteiger partial charge in [0.15, 0.2) is 0 Å². The number of nitrogens with zero attached hydrogens (tertiary/aromatic N) is 4. The molecular formula is C33H48N4O8. The van der Waals surface area contributed by atoms with Gasteiger partial charge < -0.3 is 0 Å². The van der Waals surface area contributed by atoms with E-state index < -0.39 is 76.3 Å². The van der Waals surface area contributed by atoms with Crippen molar-refractivity contribution >= 4 is 47.3 Å². The first kappa shape index (κ1) is 34.4. The highest BCUT2D eigenvalue weighted by molar-refractivity contribution is 6.06. The lowest BCUT2D eigenvalue weighted by Crippen LogP contribution is -2.60. The summed E-state index contributed by atoms with van der Waals surface area (Å²) in [5, 5.41) is 0. The summed E-state index contributed by atoms with van der Waals surface area (Å²) in [6.07, 6.45) is -0.121. The average Bonchev–Trinajstić information content (AvgIpc) is 3.59. The minimum atomic E-state index is -1.57. The number of rotatable bonds is 12. The van der Waals surface area contributed by atoms with E-state index in [2.05, 4.69) is 0 Å². The van der Waals surface area contributed by atoms with Crippen molar-refractivity contribution in [3.63, 3.8) is 0 Å². The standard InChI is InChI=1S/C33H48N4O8/c1-17(2)21-9-25(38)34(29(21)42)13-33(14-35-26(39)10-22(18(3)4)30(35)43,15-36-27(40)11-23(19(5)6)31(36)44)16-37-28(41)12-24(20(7)8)32(37)45/h17-24H,9-16H2,1-8H3. The second-order valence-electron chi connectivity index (χ2n) is 15.0. The summed E-state index contributed by atoms with van der Waals surface area (Å²) in [6, 6.07) is 0. The molecule has 0 aromatic heterocycles. The molecule has 45 heavy (non-hydrogen) atoms. The molecule has 4 unspecified atom stereocenters. The Morgan fingerprint density at radius 1 is 0.422 bits per heavy atom. The molecule has 4 atom stereocenters. The Balaban J connectivity index is 1.84. The van der Waals surface area contributed by atoms with Crippen LogP contribution < -0.4 is 0 Å². The fourth-order valence-corrected chi connectivity index (χ4v) is 7.22. The van der Waals surface area contributed by atoms with E-state index in [4.69, 9.17) is 0 Å². The number of hydrogen-bond acceptors (Lipinski definition) is 8. The van der Waals surface area contributed by atoms with Crippen molar-refractivity contribution in [1.82, 2.24) is 19.6 Å². The summed E-state index contributed by atoms with van der Waals surface area (Å²) in [4.78, 5) is 112. The molecule has 0 aromatic carbocycles. The van der Waals surface area contributed by atoms with Gasteiger partial charge in [-0.05, 0) is 23.7 Å². The van der Waals surface area contributed by atoms with E-state index in [1.165, 1.54) is 0 Å². The molecule has 4 rings (SSSR count). The van der Waals surface area contributed by atoms with Crippen molar-refractivity contribution in [2.75, 3.05) is 26.2 Å². The Kier molecular flexibility index (Phi) is 9.76. The van der Waals surface area contributed by atoms with Gasteiger partial charge in [-0.2, -0.15) is 0 Å². The molecule has 4 aliphatic heterocycles. The second kappa shape index (κ2) is 12.7. The van der Waals surface area contributed by atoms with E-state index >= 15 is 0 Å². The van der Waals surface area contributed by atoms with Gasteiger partial charge in [0.25, 0.3) is 0 Å². The highest BCUT2D eigenvalue weighted by atomic mass is 16.2. The van der Waals surface area contributed by atoms with Crippen molar-refractivity contribution < 1.29 is 38.4 Å². The minimum absolute atomic E-state index is 0.0302. The van der Waals surface area contributed by atoms with Crippen LogP contribution in [0.4, 0.5) is 0 Å². The molecule has 12 nitrogen and oxygen atoms in total. The molecular weight excluding hydrogens is 580 g/mol. The first-order valence-corrected chi connectivity index (χ1v) is 16.3. The quantitative estimate of drug-likeness (QED) is 0.298. The van der Waals surface area contributed by atoms with Gasteiger partial charge in [0.05, 0.1) is 0 Å². The van der Waals surface area contributed by atoms with Crippen molar-refractivity contribution in [3.8, 4) is 0 Å². The fraction of sp³-hybridized carbons (Fsp3) is 0.758. The smallest absolute Gasteiger partial charge is 0.233 e. The summed E-state index contributed by atoms with van der Waals surface area (Å²) in [5.74, 6) is -6.48. The number of carbonyl (C=O) groups is 8. The zero-order chi connectivity index (χ0) is 33.7. The molecule has 0 saturated carbocycles. The molecule has 0 spiro atoms. The molecule has 0 aliphatic carbocycles. The Morgan fingerprint density at radius 2 is 0.600 bits per heavy atom. The maximum atomic E-state index is 13.6. The lowest BCUT2D eigenvalue weighted by molar-refractivity contribution is -0.148. The van der Waals surface area contributed by atoms with Crippen molar-refractivity contribution in [2.24, 2.45) is 52.8 Å². The van der Waals surface area contributed by atoms with Crippen LogP contribution in [0.1, 0.15) is 81.1 Å². The molecule has 4 heterocycles. The summed E-state index contributed by atoms with van der Waals surface area (Å²) in [7, 11) is 0. The van der Waals surface area contributed by atoms with Crippen LogP contribution in [0.25, 0.3) is 0 Å². The summed E-state index contributed by atoms with van der Waals surface area (Å²) in [5.41, 5.74) is -1.57. The van der Waals surface area contributed by atoms with Crippen molar-refractivity contribution in [2.45, 2.75) is 81.1 Å². The number of carbonyl (C=O) groups excluding carboxylic acids is 8. The first-order chi connectivity index (χ1) is 20.9. The predicted octanol–water partition coefficient (Wildman–Crippen LogP) is 2.10. The largest absolute Gasteiger partial charge is 0.282 e. The number of hydrogen-bond donors (Lipinski definition) is 0. The van der Waals surface area contributed by atoms with E-state index in [9.17, 15) is 38.4 Å². The predicted molar refractivity (Wildman–Crippen MR) is 161 cm³/mol. The number of imide groups is 4. The third-order valence-corrected chi connectivity index (χ3v) is 10.3. The molecule has 8 amide bonds. The highest BCUT2D eigenvalue weighted by Crippen LogP contribution is 2.38. The van der Waals surface area contributed by atoms with Crippen LogP contribution in [0.2, 0.25) is 0 Å².